The van der Waals surface area contributed by atoms with Crippen LogP contribution in [0.2, 0.25) is 0 Å². The predicted octanol–water partition coefficient (Wildman–Crippen LogP) is 2.70. The van der Waals surface area contributed by atoms with Crippen molar-refractivity contribution in [3.05, 3.63) is 71.3 Å². The molecule has 0 radical (unpaired) electrons. The first kappa shape index (κ1) is 11.5. The van der Waals surface area contributed by atoms with Crippen LogP contribution in [0.1, 0.15) is 22.7 Å². The molecular formula is C16H18N2. The van der Waals surface area contributed by atoms with Crippen molar-refractivity contribution in [2.24, 2.45) is 5.73 Å². The third kappa shape index (κ3) is 2.30. The Hall–Kier alpha value is -1.64. The highest BCUT2D eigenvalue weighted by Crippen LogP contribution is 2.25. The van der Waals surface area contributed by atoms with Gasteiger partial charge < -0.3 is 5.73 Å². The minimum atomic E-state index is 0.138. The Morgan fingerprint density at radius 3 is 2.56 bits per heavy atom. The van der Waals surface area contributed by atoms with Gasteiger partial charge in [-0.15, -0.1) is 0 Å². The summed E-state index contributed by atoms with van der Waals surface area (Å²) in [5.74, 6) is 0. The van der Waals surface area contributed by atoms with E-state index in [1.807, 2.05) is 0 Å². The van der Waals surface area contributed by atoms with E-state index in [1.165, 1.54) is 16.7 Å². The van der Waals surface area contributed by atoms with E-state index < -0.39 is 0 Å². The Morgan fingerprint density at radius 2 is 1.72 bits per heavy atom. The van der Waals surface area contributed by atoms with Gasteiger partial charge in [0.25, 0.3) is 0 Å². The van der Waals surface area contributed by atoms with Gasteiger partial charge in [0.05, 0.1) is 0 Å². The number of hydrogen-bond acceptors (Lipinski definition) is 2. The fourth-order valence-corrected chi connectivity index (χ4v) is 2.68. The first-order valence-electron chi connectivity index (χ1n) is 6.42. The van der Waals surface area contributed by atoms with Crippen LogP contribution in [0.5, 0.6) is 0 Å². The topological polar surface area (TPSA) is 29.3 Å². The minimum Gasteiger partial charge on any atom is -0.323 e. The molecule has 2 nitrogen and oxygen atoms in total. The van der Waals surface area contributed by atoms with Crippen molar-refractivity contribution in [3.63, 3.8) is 0 Å². The summed E-state index contributed by atoms with van der Waals surface area (Å²) in [5.41, 5.74) is 10.3. The summed E-state index contributed by atoms with van der Waals surface area (Å²) in [6, 6.07) is 19.2. The minimum absolute atomic E-state index is 0.138. The molecule has 1 unspecified atom stereocenters. The molecule has 1 heterocycles. The van der Waals surface area contributed by atoms with Gasteiger partial charge in [-0.25, -0.2) is 0 Å². The normalized spacial score (nSPS) is 19.5. The molecule has 0 bridgehead atoms. The van der Waals surface area contributed by atoms with Crippen LogP contribution in [-0.2, 0) is 13.1 Å². The third-order valence-electron chi connectivity index (χ3n) is 3.55. The molecule has 0 saturated heterocycles. The summed E-state index contributed by atoms with van der Waals surface area (Å²) in [6.07, 6.45) is 0. The zero-order valence-electron chi connectivity index (χ0n) is 10.4. The van der Waals surface area contributed by atoms with Crippen LogP contribution in [0, 0.1) is 0 Å². The van der Waals surface area contributed by atoms with Crippen molar-refractivity contribution in [2.45, 2.75) is 19.1 Å². The van der Waals surface area contributed by atoms with Gasteiger partial charge in [0.1, 0.15) is 0 Å². The molecule has 1 aliphatic rings. The molecule has 2 aromatic carbocycles. The van der Waals surface area contributed by atoms with Crippen molar-refractivity contribution in [2.75, 3.05) is 6.54 Å². The highest BCUT2D eigenvalue weighted by Gasteiger charge is 2.21. The summed E-state index contributed by atoms with van der Waals surface area (Å²) >= 11 is 0. The van der Waals surface area contributed by atoms with Crippen LogP contribution in [0.3, 0.4) is 0 Å². The number of benzene rings is 2. The van der Waals surface area contributed by atoms with Crippen LogP contribution in [0.4, 0.5) is 0 Å². The number of nitrogens with zero attached hydrogens (tertiary/aromatic N) is 1. The van der Waals surface area contributed by atoms with Crippen LogP contribution < -0.4 is 5.73 Å². The SMILES string of the molecule is NC1CN(Cc2ccccc2)Cc2ccccc21. The number of rotatable bonds is 2. The highest BCUT2D eigenvalue weighted by molar-refractivity contribution is 5.32. The number of fused-ring (bicyclic) bond motifs is 1. The second-order valence-electron chi connectivity index (χ2n) is 4.96. The molecule has 0 aliphatic carbocycles. The lowest BCUT2D eigenvalue weighted by molar-refractivity contribution is 0.223. The Balaban J connectivity index is 1.78. The zero-order valence-corrected chi connectivity index (χ0v) is 10.4. The van der Waals surface area contributed by atoms with Crippen molar-refractivity contribution >= 4 is 0 Å². The van der Waals surface area contributed by atoms with Gasteiger partial charge in [0.2, 0.25) is 0 Å². The van der Waals surface area contributed by atoms with E-state index in [9.17, 15) is 0 Å². The van der Waals surface area contributed by atoms with E-state index in [0.717, 1.165) is 19.6 Å². The Kier molecular flexibility index (Phi) is 3.13. The Bertz CT molecular complexity index is 522. The van der Waals surface area contributed by atoms with E-state index >= 15 is 0 Å². The van der Waals surface area contributed by atoms with E-state index in [2.05, 4.69) is 59.5 Å². The van der Waals surface area contributed by atoms with Gasteiger partial charge in [-0.05, 0) is 16.7 Å². The average molecular weight is 238 g/mol. The monoisotopic (exact) mass is 238 g/mol. The fourth-order valence-electron chi connectivity index (χ4n) is 2.68. The Labute approximate surface area is 108 Å². The van der Waals surface area contributed by atoms with E-state index in [4.69, 9.17) is 5.73 Å². The van der Waals surface area contributed by atoms with Gasteiger partial charge in [-0.2, -0.15) is 0 Å². The van der Waals surface area contributed by atoms with Gasteiger partial charge in [0, 0.05) is 25.7 Å². The molecule has 2 heteroatoms. The number of hydrogen-bond donors (Lipinski definition) is 1. The maximum Gasteiger partial charge on any atom is 0.0427 e. The van der Waals surface area contributed by atoms with Crippen molar-refractivity contribution < 1.29 is 0 Å². The fraction of sp³-hybridized carbons (Fsp3) is 0.250. The molecule has 0 amide bonds. The zero-order chi connectivity index (χ0) is 12.4. The van der Waals surface area contributed by atoms with Crippen molar-refractivity contribution in [1.29, 1.82) is 0 Å². The average Bonchev–Trinajstić information content (AvgIpc) is 2.40. The van der Waals surface area contributed by atoms with Gasteiger partial charge in [0.15, 0.2) is 0 Å². The maximum absolute atomic E-state index is 6.25. The molecule has 2 N–H and O–H groups in total. The van der Waals surface area contributed by atoms with Crippen LogP contribution in [0.15, 0.2) is 54.6 Å². The van der Waals surface area contributed by atoms with Crippen LogP contribution in [-0.4, -0.2) is 11.4 Å². The lowest BCUT2D eigenvalue weighted by atomic mass is 9.96. The molecule has 92 valence electrons. The molecule has 0 fully saturated rings. The summed E-state index contributed by atoms with van der Waals surface area (Å²) in [7, 11) is 0. The van der Waals surface area contributed by atoms with Crippen molar-refractivity contribution in [3.8, 4) is 0 Å². The first-order chi connectivity index (χ1) is 8.83. The van der Waals surface area contributed by atoms with Gasteiger partial charge in [-0.1, -0.05) is 54.6 Å². The predicted molar refractivity (Wildman–Crippen MR) is 73.9 cm³/mol. The van der Waals surface area contributed by atoms with Crippen LogP contribution in [0.25, 0.3) is 0 Å². The molecule has 0 aromatic heterocycles. The second-order valence-corrected chi connectivity index (χ2v) is 4.96. The Morgan fingerprint density at radius 1 is 1.00 bits per heavy atom. The first-order valence-corrected chi connectivity index (χ1v) is 6.42. The second kappa shape index (κ2) is 4.92. The summed E-state index contributed by atoms with van der Waals surface area (Å²) < 4.78 is 0. The smallest absolute Gasteiger partial charge is 0.0427 e. The third-order valence-corrected chi connectivity index (χ3v) is 3.55. The van der Waals surface area contributed by atoms with Gasteiger partial charge >= 0.3 is 0 Å². The quantitative estimate of drug-likeness (QED) is 0.871. The van der Waals surface area contributed by atoms with E-state index in [-0.39, 0.29) is 6.04 Å². The van der Waals surface area contributed by atoms with E-state index in [0.29, 0.717) is 0 Å². The van der Waals surface area contributed by atoms with Gasteiger partial charge in [-0.3, -0.25) is 4.90 Å². The highest BCUT2D eigenvalue weighted by atomic mass is 15.1. The lowest BCUT2D eigenvalue weighted by Crippen LogP contribution is -2.36. The largest absolute Gasteiger partial charge is 0.323 e. The molecule has 2 aromatic rings. The molecule has 0 saturated carbocycles. The van der Waals surface area contributed by atoms with Crippen molar-refractivity contribution in [1.82, 2.24) is 4.90 Å². The molecule has 3 rings (SSSR count). The summed E-state index contributed by atoms with van der Waals surface area (Å²) in [5, 5.41) is 0. The van der Waals surface area contributed by atoms with E-state index in [1.54, 1.807) is 0 Å². The summed E-state index contributed by atoms with van der Waals surface area (Å²) in [4.78, 5) is 2.42. The number of nitrogens with two attached hydrogens (primary N) is 1. The molecule has 1 atom stereocenters. The molecule has 1 aliphatic heterocycles. The molecule has 0 spiro atoms. The lowest BCUT2D eigenvalue weighted by Gasteiger charge is -2.32. The van der Waals surface area contributed by atoms with Crippen LogP contribution >= 0.6 is 0 Å². The molecule has 18 heavy (non-hydrogen) atoms. The molecular weight excluding hydrogens is 220 g/mol. The maximum atomic E-state index is 6.25. The summed E-state index contributed by atoms with van der Waals surface area (Å²) in [6.45, 7) is 2.91. The standard InChI is InChI=1S/C16H18N2/c17-16-12-18(10-13-6-2-1-3-7-13)11-14-8-4-5-9-15(14)16/h1-9,16H,10-12,17H2.